The molecule has 0 aromatic heterocycles. The van der Waals surface area contributed by atoms with Crippen LogP contribution in [0.2, 0.25) is 0 Å². The summed E-state index contributed by atoms with van der Waals surface area (Å²) in [6, 6.07) is 6.17. The number of halogens is 1. The van der Waals surface area contributed by atoms with E-state index < -0.39 is 0 Å². The third-order valence-corrected chi connectivity index (χ3v) is 4.00. The van der Waals surface area contributed by atoms with Gasteiger partial charge in [-0.05, 0) is 31.4 Å². The molecule has 1 heterocycles. The highest BCUT2D eigenvalue weighted by molar-refractivity contribution is 5.25. The minimum atomic E-state index is -0.0979. The molecule has 4 heteroatoms. The molecule has 1 atom stereocenters. The maximum atomic E-state index is 14.0. The van der Waals surface area contributed by atoms with Gasteiger partial charge in [0.1, 0.15) is 5.82 Å². The summed E-state index contributed by atoms with van der Waals surface area (Å²) in [5.74, 6) is -0.0979. The van der Waals surface area contributed by atoms with Gasteiger partial charge < -0.3 is 10.1 Å². The molecule has 1 unspecified atom stereocenters. The van der Waals surface area contributed by atoms with Crippen molar-refractivity contribution >= 4 is 0 Å². The fourth-order valence-electron chi connectivity index (χ4n) is 2.68. The number of nitrogens with zero attached hydrogens (tertiary/aromatic N) is 1. The third kappa shape index (κ3) is 3.78. The molecule has 1 saturated heterocycles. The van der Waals surface area contributed by atoms with Crippen molar-refractivity contribution in [3.8, 4) is 0 Å². The minimum absolute atomic E-state index is 0.0979. The van der Waals surface area contributed by atoms with Crippen molar-refractivity contribution < 1.29 is 9.13 Å². The SMILES string of the molecule is CC1CN(Cc2cc(CNC3CC3)ccc2F)CCO1. The molecule has 2 fully saturated rings. The van der Waals surface area contributed by atoms with Crippen molar-refractivity contribution in [3.05, 3.63) is 35.1 Å². The van der Waals surface area contributed by atoms with Gasteiger partial charge >= 0.3 is 0 Å². The Hall–Kier alpha value is -0.970. The van der Waals surface area contributed by atoms with E-state index in [0.717, 1.165) is 31.8 Å². The topological polar surface area (TPSA) is 24.5 Å². The van der Waals surface area contributed by atoms with Crippen LogP contribution in [0.4, 0.5) is 4.39 Å². The Morgan fingerprint density at radius 3 is 3.00 bits per heavy atom. The minimum Gasteiger partial charge on any atom is -0.376 e. The molecule has 1 aromatic carbocycles. The standard InChI is InChI=1S/C16H23FN2O/c1-12-10-19(6-7-20-12)11-14-8-13(2-5-16(14)17)9-18-15-3-4-15/h2,5,8,12,15,18H,3-4,6-7,9-11H2,1H3. The molecule has 1 aromatic rings. The van der Waals surface area contributed by atoms with E-state index in [1.807, 2.05) is 12.1 Å². The van der Waals surface area contributed by atoms with E-state index >= 15 is 0 Å². The Labute approximate surface area is 120 Å². The molecule has 1 aliphatic carbocycles. The van der Waals surface area contributed by atoms with Gasteiger partial charge in [-0.15, -0.1) is 0 Å². The highest BCUT2D eigenvalue weighted by Crippen LogP contribution is 2.20. The molecule has 3 rings (SSSR count). The van der Waals surface area contributed by atoms with Crippen LogP contribution >= 0.6 is 0 Å². The lowest BCUT2D eigenvalue weighted by molar-refractivity contribution is -0.0215. The molecule has 3 nitrogen and oxygen atoms in total. The molecule has 0 spiro atoms. The third-order valence-electron chi connectivity index (χ3n) is 4.00. The van der Waals surface area contributed by atoms with E-state index in [9.17, 15) is 4.39 Å². The first kappa shape index (κ1) is 14.0. The van der Waals surface area contributed by atoms with E-state index in [0.29, 0.717) is 12.6 Å². The van der Waals surface area contributed by atoms with E-state index in [1.165, 1.54) is 18.4 Å². The van der Waals surface area contributed by atoms with E-state index in [1.54, 1.807) is 6.07 Å². The fourth-order valence-corrected chi connectivity index (χ4v) is 2.68. The molecular weight excluding hydrogens is 255 g/mol. The number of hydrogen-bond donors (Lipinski definition) is 1. The molecule has 20 heavy (non-hydrogen) atoms. The summed E-state index contributed by atoms with van der Waals surface area (Å²) in [6.45, 7) is 6.09. The molecule has 0 amide bonds. The summed E-state index contributed by atoms with van der Waals surface area (Å²) in [5, 5.41) is 3.47. The number of nitrogens with one attached hydrogen (secondary N) is 1. The summed E-state index contributed by atoms with van der Waals surface area (Å²) in [6.07, 6.45) is 2.80. The highest BCUT2D eigenvalue weighted by atomic mass is 19.1. The van der Waals surface area contributed by atoms with Gasteiger partial charge in [0.15, 0.2) is 0 Å². The van der Waals surface area contributed by atoms with Crippen LogP contribution in [0.15, 0.2) is 18.2 Å². The first-order valence-corrected chi connectivity index (χ1v) is 7.55. The van der Waals surface area contributed by atoms with Crippen LogP contribution in [0.1, 0.15) is 30.9 Å². The van der Waals surface area contributed by atoms with Gasteiger partial charge in [-0.2, -0.15) is 0 Å². The first-order chi connectivity index (χ1) is 9.70. The Balaban J connectivity index is 1.62. The summed E-state index contributed by atoms with van der Waals surface area (Å²) >= 11 is 0. The number of benzene rings is 1. The van der Waals surface area contributed by atoms with Crippen molar-refractivity contribution in [2.75, 3.05) is 19.7 Å². The number of morpholine rings is 1. The van der Waals surface area contributed by atoms with Gasteiger partial charge in [0.05, 0.1) is 12.7 Å². The van der Waals surface area contributed by atoms with Crippen LogP contribution in [-0.2, 0) is 17.8 Å². The smallest absolute Gasteiger partial charge is 0.127 e. The van der Waals surface area contributed by atoms with Crippen molar-refractivity contribution in [1.29, 1.82) is 0 Å². The van der Waals surface area contributed by atoms with Crippen molar-refractivity contribution in [2.24, 2.45) is 0 Å². The predicted octanol–water partition coefficient (Wildman–Crippen LogP) is 2.30. The second-order valence-electron chi connectivity index (χ2n) is 6.00. The Morgan fingerprint density at radius 1 is 1.40 bits per heavy atom. The van der Waals surface area contributed by atoms with Crippen molar-refractivity contribution in [1.82, 2.24) is 10.2 Å². The zero-order chi connectivity index (χ0) is 13.9. The second kappa shape index (κ2) is 6.20. The molecule has 0 bridgehead atoms. The Bertz CT molecular complexity index is 462. The van der Waals surface area contributed by atoms with Gasteiger partial charge in [0, 0.05) is 37.8 Å². The summed E-state index contributed by atoms with van der Waals surface area (Å²) in [4.78, 5) is 2.27. The highest BCUT2D eigenvalue weighted by Gasteiger charge is 2.21. The molecule has 0 radical (unpaired) electrons. The van der Waals surface area contributed by atoms with Crippen LogP contribution in [0.3, 0.4) is 0 Å². The average Bonchev–Trinajstić information content (AvgIpc) is 3.24. The molecule has 1 saturated carbocycles. The number of rotatable bonds is 5. The monoisotopic (exact) mass is 278 g/mol. The molecule has 2 aliphatic rings. The van der Waals surface area contributed by atoms with Gasteiger partial charge in [0.25, 0.3) is 0 Å². The zero-order valence-electron chi connectivity index (χ0n) is 12.1. The molecular formula is C16H23FN2O. The van der Waals surface area contributed by atoms with Crippen LogP contribution in [0.25, 0.3) is 0 Å². The Morgan fingerprint density at radius 2 is 2.25 bits per heavy atom. The average molecular weight is 278 g/mol. The lowest BCUT2D eigenvalue weighted by Gasteiger charge is -2.31. The van der Waals surface area contributed by atoms with E-state index in [-0.39, 0.29) is 11.9 Å². The molecule has 110 valence electrons. The van der Waals surface area contributed by atoms with Crippen LogP contribution in [0.5, 0.6) is 0 Å². The van der Waals surface area contributed by atoms with Gasteiger partial charge in [-0.25, -0.2) is 4.39 Å². The van der Waals surface area contributed by atoms with Gasteiger partial charge in [-0.1, -0.05) is 12.1 Å². The zero-order valence-corrected chi connectivity index (χ0v) is 12.1. The first-order valence-electron chi connectivity index (χ1n) is 7.55. The van der Waals surface area contributed by atoms with Gasteiger partial charge in [0.2, 0.25) is 0 Å². The van der Waals surface area contributed by atoms with Crippen LogP contribution in [0, 0.1) is 5.82 Å². The lowest BCUT2D eigenvalue weighted by Crippen LogP contribution is -2.40. The largest absolute Gasteiger partial charge is 0.376 e. The maximum absolute atomic E-state index is 14.0. The number of ether oxygens (including phenoxy) is 1. The van der Waals surface area contributed by atoms with Crippen molar-refractivity contribution in [2.45, 2.75) is 45.0 Å². The van der Waals surface area contributed by atoms with Gasteiger partial charge in [-0.3, -0.25) is 4.90 Å². The quantitative estimate of drug-likeness (QED) is 0.894. The summed E-state index contributed by atoms with van der Waals surface area (Å²) in [7, 11) is 0. The van der Waals surface area contributed by atoms with Crippen LogP contribution < -0.4 is 5.32 Å². The van der Waals surface area contributed by atoms with Crippen LogP contribution in [-0.4, -0.2) is 36.7 Å². The molecule has 1 N–H and O–H groups in total. The Kier molecular flexibility index (Phi) is 4.34. The fraction of sp³-hybridized carbons (Fsp3) is 0.625. The lowest BCUT2D eigenvalue weighted by atomic mass is 10.1. The summed E-state index contributed by atoms with van der Waals surface area (Å²) in [5.41, 5.74) is 1.98. The van der Waals surface area contributed by atoms with E-state index in [4.69, 9.17) is 4.74 Å². The predicted molar refractivity (Wildman–Crippen MR) is 77.0 cm³/mol. The van der Waals surface area contributed by atoms with Crippen molar-refractivity contribution in [3.63, 3.8) is 0 Å². The molecule has 1 aliphatic heterocycles. The maximum Gasteiger partial charge on any atom is 0.127 e. The number of hydrogen-bond acceptors (Lipinski definition) is 3. The summed E-state index contributed by atoms with van der Waals surface area (Å²) < 4.78 is 19.5. The van der Waals surface area contributed by atoms with E-state index in [2.05, 4.69) is 17.1 Å². The normalized spacial score (nSPS) is 24.0. The second-order valence-corrected chi connectivity index (χ2v) is 6.00.